The number of hydrogen-bond donors (Lipinski definition) is 1. The first-order chi connectivity index (χ1) is 9.17. The topological polar surface area (TPSA) is 46.3 Å². The molecule has 0 atom stereocenters. The van der Waals surface area contributed by atoms with Crippen molar-refractivity contribution in [2.75, 3.05) is 13.6 Å². The van der Waals surface area contributed by atoms with E-state index in [1.165, 1.54) is 11.1 Å². The maximum Gasteiger partial charge on any atom is 0.222 e. The van der Waals surface area contributed by atoms with E-state index >= 15 is 0 Å². The predicted molar refractivity (Wildman–Crippen MR) is 79.8 cm³/mol. The number of carbonyl (C=O) groups excluding carboxylic acids is 1. The van der Waals surface area contributed by atoms with E-state index in [1.807, 2.05) is 11.9 Å². The Morgan fingerprint density at radius 3 is 2.32 bits per heavy atom. The van der Waals surface area contributed by atoms with Gasteiger partial charge in [0.25, 0.3) is 0 Å². The number of benzene rings is 1. The van der Waals surface area contributed by atoms with E-state index in [9.17, 15) is 4.79 Å². The van der Waals surface area contributed by atoms with Gasteiger partial charge in [-0.1, -0.05) is 37.6 Å². The summed E-state index contributed by atoms with van der Waals surface area (Å²) in [6.07, 6.45) is 4.67. The van der Waals surface area contributed by atoms with Gasteiger partial charge < -0.3 is 10.6 Å². The Bertz CT molecular complexity index is 373. The maximum absolute atomic E-state index is 11.9. The van der Waals surface area contributed by atoms with Gasteiger partial charge in [-0.25, -0.2) is 0 Å². The van der Waals surface area contributed by atoms with Crippen molar-refractivity contribution in [1.82, 2.24) is 4.90 Å². The van der Waals surface area contributed by atoms with Crippen LogP contribution in [-0.2, 0) is 17.8 Å². The molecule has 0 aliphatic heterocycles. The monoisotopic (exact) mass is 262 g/mol. The number of amides is 1. The summed E-state index contributed by atoms with van der Waals surface area (Å²) >= 11 is 0. The zero-order valence-electron chi connectivity index (χ0n) is 12.2. The lowest BCUT2D eigenvalue weighted by atomic mass is 10.1. The highest BCUT2D eigenvalue weighted by Crippen LogP contribution is 2.09. The largest absolute Gasteiger partial charge is 0.341 e. The molecule has 19 heavy (non-hydrogen) atoms. The molecule has 0 aromatic heterocycles. The molecule has 0 bridgehead atoms. The second-order valence-corrected chi connectivity index (χ2v) is 5.02. The molecule has 0 heterocycles. The van der Waals surface area contributed by atoms with Gasteiger partial charge in [0.15, 0.2) is 0 Å². The van der Waals surface area contributed by atoms with Gasteiger partial charge >= 0.3 is 0 Å². The van der Waals surface area contributed by atoms with Gasteiger partial charge in [0.05, 0.1) is 0 Å². The average Bonchev–Trinajstić information content (AvgIpc) is 2.44. The van der Waals surface area contributed by atoms with Crippen LogP contribution < -0.4 is 5.73 Å². The number of nitrogens with two attached hydrogens (primary N) is 1. The van der Waals surface area contributed by atoms with Crippen LogP contribution in [0.25, 0.3) is 0 Å². The molecule has 2 N–H and O–H groups in total. The van der Waals surface area contributed by atoms with Crippen LogP contribution in [-0.4, -0.2) is 24.4 Å². The Balaban J connectivity index is 2.35. The molecule has 1 rings (SSSR count). The van der Waals surface area contributed by atoms with Crippen LogP contribution in [0.5, 0.6) is 0 Å². The molecule has 1 amide bonds. The molecule has 0 saturated carbocycles. The molecule has 1 aromatic rings. The van der Waals surface area contributed by atoms with E-state index in [4.69, 9.17) is 5.73 Å². The Morgan fingerprint density at radius 2 is 1.74 bits per heavy atom. The van der Waals surface area contributed by atoms with Crippen molar-refractivity contribution in [3.05, 3.63) is 35.4 Å². The summed E-state index contributed by atoms with van der Waals surface area (Å²) in [6.45, 7) is 3.56. The molecular weight excluding hydrogens is 236 g/mol. The number of hydrogen-bond acceptors (Lipinski definition) is 2. The van der Waals surface area contributed by atoms with Crippen molar-refractivity contribution in [2.45, 2.75) is 45.6 Å². The fraction of sp³-hybridized carbons (Fsp3) is 0.562. The summed E-state index contributed by atoms with van der Waals surface area (Å²) in [7, 11) is 1.87. The van der Waals surface area contributed by atoms with Gasteiger partial charge in [0.1, 0.15) is 0 Å². The molecule has 106 valence electrons. The van der Waals surface area contributed by atoms with Crippen molar-refractivity contribution in [3.63, 3.8) is 0 Å². The zero-order chi connectivity index (χ0) is 14.1. The summed E-state index contributed by atoms with van der Waals surface area (Å²) in [5.41, 5.74) is 7.96. The van der Waals surface area contributed by atoms with Gasteiger partial charge in [-0.2, -0.15) is 0 Å². The molecular formula is C16H26N2O. The van der Waals surface area contributed by atoms with Crippen molar-refractivity contribution in [1.29, 1.82) is 0 Å². The smallest absolute Gasteiger partial charge is 0.222 e. The SMILES string of the molecule is CCc1ccc(CN(C)C(=O)CCCCCN)cc1. The second kappa shape index (κ2) is 8.70. The number of rotatable bonds is 8. The number of aryl methyl sites for hydroxylation is 1. The Hall–Kier alpha value is -1.35. The lowest BCUT2D eigenvalue weighted by Gasteiger charge is -2.17. The van der Waals surface area contributed by atoms with E-state index in [0.717, 1.165) is 25.7 Å². The van der Waals surface area contributed by atoms with Crippen molar-refractivity contribution >= 4 is 5.91 Å². The third-order valence-electron chi connectivity index (χ3n) is 3.37. The molecule has 0 radical (unpaired) electrons. The molecule has 0 fully saturated rings. The Kier molecular flexibility index (Phi) is 7.19. The van der Waals surface area contributed by atoms with Crippen molar-refractivity contribution in [2.24, 2.45) is 5.73 Å². The normalized spacial score (nSPS) is 10.5. The minimum atomic E-state index is 0.219. The van der Waals surface area contributed by atoms with Gasteiger partial charge in [-0.05, 0) is 36.9 Å². The average molecular weight is 262 g/mol. The van der Waals surface area contributed by atoms with Crippen LogP contribution >= 0.6 is 0 Å². The third kappa shape index (κ3) is 5.88. The molecule has 0 aliphatic carbocycles. The number of nitrogens with zero attached hydrogens (tertiary/aromatic N) is 1. The summed E-state index contributed by atoms with van der Waals surface area (Å²) < 4.78 is 0. The third-order valence-corrected chi connectivity index (χ3v) is 3.37. The summed E-state index contributed by atoms with van der Waals surface area (Å²) in [5, 5.41) is 0. The molecule has 0 unspecified atom stereocenters. The van der Waals surface area contributed by atoms with Crippen LogP contribution in [0.1, 0.15) is 43.7 Å². The molecule has 1 aromatic carbocycles. The first-order valence-electron chi connectivity index (χ1n) is 7.19. The molecule has 3 nitrogen and oxygen atoms in total. The summed E-state index contributed by atoms with van der Waals surface area (Å²) in [6, 6.07) is 8.48. The van der Waals surface area contributed by atoms with E-state index < -0.39 is 0 Å². The molecule has 0 aliphatic rings. The van der Waals surface area contributed by atoms with E-state index in [2.05, 4.69) is 31.2 Å². The lowest BCUT2D eigenvalue weighted by molar-refractivity contribution is -0.130. The van der Waals surface area contributed by atoms with Gasteiger partial charge in [-0.3, -0.25) is 4.79 Å². The van der Waals surface area contributed by atoms with Gasteiger partial charge in [0.2, 0.25) is 5.91 Å². The minimum absolute atomic E-state index is 0.219. The van der Waals surface area contributed by atoms with Crippen LogP contribution in [0.2, 0.25) is 0 Å². The minimum Gasteiger partial charge on any atom is -0.341 e. The predicted octanol–water partition coefficient (Wildman–Crippen LogP) is 2.73. The fourth-order valence-corrected chi connectivity index (χ4v) is 2.03. The number of carbonyl (C=O) groups is 1. The highest BCUT2D eigenvalue weighted by molar-refractivity contribution is 5.75. The number of unbranched alkanes of at least 4 members (excludes halogenated alkanes) is 2. The van der Waals surface area contributed by atoms with Gasteiger partial charge in [-0.15, -0.1) is 0 Å². The standard InChI is InChI=1S/C16H26N2O/c1-3-14-8-10-15(11-9-14)13-18(2)16(19)7-5-4-6-12-17/h8-11H,3-7,12-13,17H2,1-2H3. The summed E-state index contributed by atoms with van der Waals surface area (Å²) in [5.74, 6) is 0.219. The Morgan fingerprint density at radius 1 is 1.11 bits per heavy atom. The molecule has 0 spiro atoms. The highest BCUT2D eigenvalue weighted by Gasteiger charge is 2.08. The highest BCUT2D eigenvalue weighted by atomic mass is 16.2. The Labute approximate surface area is 116 Å². The van der Waals surface area contributed by atoms with Crippen LogP contribution in [0.3, 0.4) is 0 Å². The van der Waals surface area contributed by atoms with E-state index in [1.54, 1.807) is 0 Å². The fourth-order valence-electron chi connectivity index (χ4n) is 2.03. The lowest BCUT2D eigenvalue weighted by Crippen LogP contribution is -2.25. The van der Waals surface area contributed by atoms with Crippen molar-refractivity contribution < 1.29 is 4.79 Å². The van der Waals surface area contributed by atoms with E-state index in [0.29, 0.717) is 19.5 Å². The van der Waals surface area contributed by atoms with Crippen molar-refractivity contribution in [3.8, 4) is 0 Å². The molecule has 0 saturated heterocycles. The van der Waals surface area contributed by atoms with Crippen LogP contribution in [0, 0.1) is 0 Å². The van der Waals surface area contributed by atoms with E-state index in [-0.39, 0.29) is 5.91 Å². The van der Waals surface area contributed by atoms with Crippen LogP contribution in [0.4, 0.5) is 0 Å². The molecule has 3 heteroatoms. The van der Waals surface area contributed by atoms with Gasteiger partial charge in [0, 0.05) is 20.0 Å². The van der Waals surface area contributed by atoms with Crippen LogP contribution in [0.15, 0.2) is 24.3 Å². The first kappa shape index (κ1) is 15.7. The quantitative estimate of drug-likeness (QED) is 0.732. The zero-order valence-corrected chi connectivity index (χ0v) is 12.2. The first-order valence-corrected chi connectivity index (χ1v) is 7.19. The summed E-state index contributed by atoms with van der Waals surface area (Å²) in [4.78, 5) is 13.7. The maximum atomic E-state index is 11.9. The second-order valence-electron chi connectivity index (χ2n) is 5.02.